The van der Waals surface area contributed by atoms with Crippen LogP contribution in [0.3, 0.4) is 0 Å². The van der Waals surface area contributed by atoms with Gasteiger partial charge >= 0.3 is 0 Å². The summed E-state index contributed by atoms with van der Waals surface area (Å²) in [4.78, 5) is 22.2. The van der Waals surface area contributed by atoms with Crippen LogP contribution in [-0.4, -0.2) is 27.7 Å². The quantitative estimate of drug-likeness (QED) is 0.651. The number of aromatic nitrogens is 2. The van der Waals surface area contributed by atoms with E-state index in [1.165, 1.54) is 25.3 Å². The number of ether oxygens (including phenoxy) is 1. The highest BCUT2D eigenvalue weighted by Crippen LogP contribution is 2.29. The lowest BCUT2D eigenvalue weighted by Crippen LogP contribution is -2.16. The maximum Gasteiger partial charge on any atom is 0.273 e. The van der Waals surface area contributed by atoms with Gasteiger partial charge in [-0.2, -0.15) is 5.10 Å². The van der Waals surface area contributed by atoms with Crippen molar-refractivity contribution in [1.29, 1.82) is 0 Å². The van der Waals surface area contributed by atoms with Crippen molar-refractivity contribution in [3.8, 4) is 5.75 Å². The zero-order chi connectivity index (χ0) is 16.1. The lowest BCUT2D eigenvalue weighted by molar-refractivity contribution is -0.384. The number of non-ortho nitro benzene ring substituents is 1. The molecule has 0 radical (unpaired) electrons. The Morgan fingerprint density at radius 2 is 2.23 bits per heavy atom. The van der Waals surface area contributed by atoms with Crippen LogP contribution in [0.2, 0.25) is 0 Å². The van der Waals surface area contributed by atoms with E-state index in [2.05, 4.69) is 10.4 Å². The van der Waals surface area contributed by atoms with Crippen LogP contribution < -0.4 is 10.1 Å². The van der Waals surface area contributed by atoms with E-state index in [9.17, 15) is 14.9 Å². The maximum absolute atomic E-state index is 12.0. The topological polar surface area (TPSA) is 99.3 Å². The Morgan fingerprint density at radius 3 is 2.82 bits per heavy atom. The molecule has 22 heavy (non-hydrogen) atoms. The van der Waals surface area contributed by atoms with Crippen LogP contribution in [0.25, 0.3) is 0 Å². The fourth-order valence-electron chi connectivity index (χ4n) is 1.95. The number of rotatable bonds is 6. The molecule has 0 aliphatic rings. The zero-order valence-corrected chi connectivity index (χ0v) is 12.3. The fraction of sp³-hybridized carbons (Fsp3) is 0.286. The van der Waals surface area contributed by atoms with Crippen LogP contribution in [0, 0.1) is 17.0 Å². The van der Waals surface area contributed by atoms with Crippen LogP contribution in [0.15, 0.2) is 30.5 Å². The SMILES string of the molecule is COc1cc([N+](=O)[O-])ccc1NC(=O)CCn1nccc1C. The first-order valence-electron chi connectivity index (χ1n) is 6.62. The van der Waals surface area contributed by atoms with E-state index < -0.39 is 4.92 Å². The molecule has 1 aromatic heterocycles. The summed E-state index contributed by atoms with van der Waals surface area (Å²) in [7, 11) is 1.39. The molecule has 0 saturated carbocycles. The Hall–Kier alpha value is -2.90. The van der Waals surface area contributed by atoms with Gasteiger partial charge in [0.05, 0.1) is 23.8 Å². The molecule has 8 heteroatoms. The standard InChI is InChI=1S/C14H16N4O4/c1-10-5-7-15-17(10)8-6-14(19)16-12-4-3-11(18(20)21)9-13(12)22-2/h3-5,7,9H,6,8H2,1-2H3,(H,16,19). The lowest BCUT2D eigenvalue weighted by Gasteiger charge is -2.10. The summed E-state index contributed by atoms with van der Waals surface area (Å²) in [6, 6.07) is 5.90. The van der Waals surface area contributed by atoms with Gasteiger partial charge in [0.25, 0.3) is 5.69 Å². The number of methoxy groups -OCH3 is 1. The number of carbonyl (C=O) groups excluding carboxylic acids is 1. The van der Waals surface area contributed by atoms with Gasteiger partial charge in [0, 0.05) is 30.9 Å². The van der Waals surface area contributed by atoms with Gasteiger partial charge in [0.2, 0.25) is 5.91 Å². The molecule has 0 aliphatic carbocycles. The van der Waals surface area contributed by atoms with Crippen LogP contribution >= 0.6 is 0 Å². The number of amides is 1. The van der Waals surface area contributed by atoms with Crippen molar-refractivity contribution in [2.75, 3.05) is 12.4 Å². The summed E-state index contributed by atoms with van der Waals surface area (Å²) in [6.45, 7) is 2.37. The summed E-state index contributed by atoms with van der Waals surface area (Å²) in [5.74, 6) is 0.0277. The summed E-state index contributed by atoms with van der Waals surface area (Å²) in [5.41, 5.74) is 1.28. The predicted octanol–water partition coefficient (Wildman–Crippen LogP) is 2.14. The molecule has 116 valence electrons. The molecule has 1 amide bonds. The molecule has 1 heterocycles. The van der Waals surface area contributed by atoms with E-state index in [-0.39, 0.29) is 23.8 Å². The molecule has 1 aromatic carbocycles. The third kappa shape index (κ3) is 3.60. The molecule has 0 bridgehead atoms. The highest BCUT2D eigenvalue weighted by Gasteiger charge is 2.13. The van der Waals surface area contributed by atoms with Crippen LogP contribution in [-0.2, 0) is 11.3 Å². The minimum Gasteiger partial charge on any atom is -0.494 e. The maximum atomic E-state index is 12.0. The molecule has 0 fully saturated rings. The fourth-order valence-corrected chi connectivity index (χ4v) is 1.95. The number of nitro benzene ring substituents is 1. The van der Waals surface area contributed by atoms with Crippen molar-refractivity contribution in [2.45, 2.75) is 19.9 Å². The minimum absolute atomic E-state index is 0.0954. The number of nitro groups is 1. The number of carbonyl (C=O) groups is 1. The van der Waals surface area contributed by atoms with E-state index in [0.717, 1.165) is 5.69 Å². The highest BCUT2D eigenvalue weighted by atomic mass is 16.6. The zero-order valence-electron chi connectivity index (χ0n) is 12.3. The second-order valence-corrected chi connectivity index (χ2v) is 4.64. The first-order chi connectivity index (χ1) is 10.5. The van der Waals surface area contributed by atoms with Crippen molar-refractivity contribution in [3.63, 3.8) is 0 Å². The van der Waals surface area contributed by atoms with E-state index in [1.807, 2.05) is 13.0 Å². The molecular weight excluding hydrogens is 288 g/mol. The second-order valence-electron chi connectivity index (χ2n) is 4.64. The third-order valence-corrected chi connectivity index (χ3v) is 3.15. The Kier molecular flexibility index (Phi) is 4.72. The third-order valence-electron chi connectivity index (χ3n) is 3.15. The number of hydrogen-bond donors (Lipinski definition) is 1. The first kappa shape index (κ1) is 15.5. The van der Waals surface area contributed by atoms with Gasteiger partial charge in [-0.15, -0.1) is 0 Å². The Bertz CT molecular complexity index is 696. The highest BCUT2D eigenvalue weighted by molar-refractivity contribution is 5.92. The molecule has 2 aromatic rings. The number of anilines is 1. The van der Waals surface area contributed by atoms with E-state index in [0.29, 0.717) is 12.2 Å². The molecular formula is C14H16N4O4. The molecule has 0 atom stereocenters. The van der Waals surface area contributed by atoms with Gasteiger partial charge in [-0.05, 0) is 19.1 Å². The molecule has 1 N–H and O–H groups in total. The summed E-state index contributed by atoms with van der Waals surface area (Å²) < 4.78 is 6.80. The summed E-state index contributed by atoms with van der Waals surface area (Å²) in [5, 5.41) is 17.5. The van der Waals surface area contributed by atoms with Crippen molar-refractivity contribution in [2.24, 2.45) is 0 Å². The molecule has 0 aliphatic heterocycles. The van der Waals surface area contributed by atoms with E-state index >= 15 is 0 Å². The van der Waals surface area contributed by atoms with Crippen LogP contribution in [0.4, 0.5) is 11.4 Å². The average molecular weight is 304 g/mol. The number of aryl methyl sites for hydroxylation is 2. The van der Waals surface area contributed by atoms with Crippen LogP contribution in [0.5, 0.6) is 5.75 Å². The number of benzene rings is 1. The van der Waals surface area contributed by atoms with Gasteiger partial charge in [-0.25, -0.2) is 0 Å². The van der Waals surface area contributed by atoms with Gasteiger partial charge in [0.15, 0.2) is 0 Å². The number of hydrogen-bond acceptors (Lipinski definition) is 5. The largest absolute Gasteiger partial charge is 0.494 e. The number of nitrogens with one attached hydrogen (secondary N) is 1. The van der Waals surface area contributed by atoms with Gasteiger partial charge in [0.1, 0.15) is 5.75 Å². The van der Waals surface area contributed by atoms with Crippen molar-refractivity contribution >= 4 is 17.3 Å². The van der Waals surface area contributed by atoms with Gasteiger partial charge in [-0.1, -0.05) is 0 Å². The number of nitrogens with zero attached hydrogens (tertiary/aromatic N) is 3. The molecule has 8 nitrogen and oxygen atoms in total. The average Bonchev–Trinajstić information content (AvgIpc) is 2.90. The monoisotopic (exact) mass is 304 g/mol. The van der Waals surface area contributed by atoms with Gasteiger partial charge in [-0.3, -0.25) is 19.6 Å². The van der Waals surface area contributed by atoms with Gasteiger partial charge < -0.3 is 10.1 Å². The Labute approximate surface area is 126 Å². The first-order valence-corrected chi connectivity index (χ1v) is 6.62. The molecule has 0 unspecified atom stereocenters. The van der Waals surface area contributed by atoms with Crippen molar-refractivity contribution in [3.05, 3.63) is 46.3 Å². The summed E-state index contributed by atoms with van der Waals surface area (Å²) in [6.07, 6.45) is 1.91. The van der Waals surface area contributed by atoms with Crippen molar-refractivity contribution in [1.82, 2.24) is 9.78 Å². The normalized spacial score (nSPS) is 10.3. The predicted molar refractivity (Wildman–Crippen MR) is 79.9 cm³/mol. The Balaban J connectivity index is 2.02. The van der Waals surface area contributed by atoms with E-state index in [1.54, 1.807) is 10.9 Å². The van der Waals surface area contributed by atoms with E-state index in [4.69, 9.17) is 4.74 Å². The lowest BCUT2D eigenvalue weighted by atomic mass is 10.2. The molecule has 0 saturated heterocycles. The smallest absolute Gasteiger partial charge is 0.273 e. The summed E-state index contributed by atoms with van der Waals surface area (Å²) >= 11 is 0. The molecule has 0 spiro atoms. The Morgan fingerprint density at radius 1 is 1.45 bits per heavy atom. The minimum atomic E-state index is -0.519. The van der Waals surface area contributed by atoms with Crippen LogP contribution in [0.1, 0.15) is 12.1 Å². The second kappa shape index (κ2) is 6.70. The molecule has 2 rings (SSSR count). The van der Waals surface area contributed by atoms with Crippen molar-refractivity contribution < 1.29 is 14.5 Å².